The largest absolute Gasteiger partial charge is 0.497 e. The van der Waals surface area contributed by atoms with Gasteiger partial charge in [-0.05, 0) is 71.3 Å². The summed E-state index contributed by atoms with van der Waals surface area (Å²) in [5, 5.41) is 5.11. The van der Waals surface area contributed by atoms with Crippen LogP contribution in [-0.2, 0) is 4.74 Å². The molecular formula is C32H29ClN4O7S2. The summed E-state index contributed by atoms with van der Waals surface area (Å²) in [6.07, 6.45) is 1.12. The van der Waals surface area contributed by atoms with E-state index < -0.39 is 23.6 Å². The Bertz CT molecular complexity index is 1960. The summed E-state index contributed by atoms with van der Waals surface area (Å²) in [5.74, 6) is 0.508. The SMILES string of the molecule is COC(=O)c1c(C)[nH]c2c(OC(=O)N(C)CCSSc3ccccn3)cc3c(c12)[C@H](Cl)NC3C(=O)c1cc2cc(OC)ccc2o1. The van der Waals surface area contributed by atoms with E-state index in [4.69, 9.17) is 30.2 Å². The Morgan fingerprint density at radius 1 is 1.13 bits per heavy atom. The number of nitrogens with one attached hydrogen (secondary N) is 2. The fourth-order valence-electron chi connectivity index (χ4n) is 5.35. The molecule has 0 bridgehead atoms. The zero-order valence-corrected chi connectivity index (χ0v) is 27.6. The lowest BCUT2D eigenvalue weighted by Gasteiger charge is -2.18. The number of pyridine rings is 1. The Kier molecular flexibility index (Phi) is 9.18. The summed E-state index contributed by atoms with van der Waals surface area (Å²) in [7, 11) is 7.56. The Labute approximate surface area is 276 Å². The van der Waals surface area contributed by atoms with Crippen molar-refractivity contribution in [2.45, 2.75) is 23.5 Å². The van der Waals surface area contributed by atoms with Crippen molar-refractivity contribution in [3.8, 4) is 11.5 Å². The molecule has 1 unspecified atom stereocenters. The van der Waals surface area contributed by atoms with E-state index >= 15 is 0 Å². The number of nitrogens with zero attached hydrogens (tertiary/aromatic N) is 2. The highest BCUT2D eigenvalue weighted by molar-refractivity contribution is 8.76. The molecule has 14 heteroatoms. The second-order valence-corrected chi connectivity index (χ2v) is 13.3. The number of benzene rings is 2. The number of esters is 1. The topological polar surface area (TPSA) is 136 Å². The monoisotopic (exact) mass is 680 g/mol. The summed E-state index contributed by atoms with van der Waals surface area (Å²) < 4.78 is 22.2. The standard InChI is InChI=1S/C32H29ClN4O7S2/c1-16-24(31(39)42-4)26-25-19(27(36-30(25)33)29(38)22-14-17-13-18(41-3)8-9-20(17)43-22)15-21(28(26)35-16)44-32(40)37(2)11-12-45-46-23-7-5-6-10-34-23/h5-10,13-15,27,30,35-36H,11-12H2,1-4H3/t27?,30-/m1/s1. The van der Waals surface area contributed by atoms with Crippen LogP contribution in [0, 0.1) is 6.92 Å². The first-order chi connectivity index (χ1) is 22.2. The summed E-state index contributed by atoms with van der Waals surface area (Å²) in [6.45, 7) is 2.11. The van der Waals surface area contributed by atoms with Gasteiger partial charge in [-0.15, -0.1) is 11.6 Å². The van der Waals surface area contributed by atoms with Crippen molar-refractivity contribution in [3.05, 3.63) is 82.9 Å². The van der Waals surface area contributed by atoms with Gasteiger partial charge in [-0.1, -0.05) is 16.9 Å². The van der Waals surface area contributed by atoms with Crippen LogP contribution in [0.15, 0.2) is 64.2 Å². The predicted molar refractivity (Wildman–Crippen MR) is 177 cm³/mol. The van der Waals surface area contributed by atoms with Crippen LogP contribution in [-0.4, -0.2) is 66.3 Å². The van der Waals surface area contributed by atoms with Crippen molar-refractivity contribution in [2.75, 3.05) is 33.6 Å². The molecule has 238 valence electrons. The normalized spacial score (nSPS) is 15.6. The summed E-state index contributed by atoms with van der Waals surface area (Å²) in [5.41, 5.74) is 1.74. The number of carbonyl (C=O) groups excluding carboxylic acids is 3. The smallest absolute Gasteiger partial charge is 0.415 e. The fourth-order valence-corrected chi connectivity index (χ4v) is 7.63. The molecule has 5 aromatic rings. The first-order valence-electron chi connectivity index (χ1n) is 14.1. The predicted octanol–water partition coefficient (Wildman–Crippen LogP) is 7.05. The number of hydrogen-bond donors (Lipinski definition) is 2. The number of amides is 1. The van der Waals surface area contributed by atoms with Crippen LogP contribution in [0.5, 0.6) is 11.5 Å². The van der Waals surface area contributed by atoms with Crippen LogP contribution >= 0.6 is 33.2 Å². The fraction of sp³-hybridized carbons (Fsp3) is 0.250. The van der Waals surface area contributed by atoms with Crippen LogP contribution in [0.25, 0.3) is 21.9 Å². The molecule has 0 saturated heterocycles. The number of methoxy groups -OCH3 is 2. The second-order valence-electron chi connectivity index (χ2n) is 10.4. The molecule has 4 heterocycles. The number of Topliss-reactive ketones (excluding diaryl/α,β-unsaturated/α-hetero) is 1. The molecule has 0 spiro atoms. The van der Waals surface area contributed by atoms with Crippen LogP contribution < -0.4 is 14.8 Å². The third kappa shape index (κ3) is 6.03. The number of H-pyrrole nitrogens is 1. The van der Waals surface area contributed by atoms with Crippen molar-refractivity contribution in [1.29, 1.82) is 0 Å². The number of aromatic amines is 1. The molecule has 3 aromatic heterocycles. The van der Waals surface area contributed by atoms with E-state index in [1.165, 1.54) is 22.8 Å². The Morgan fingerprint density at radius 2 is 1.96 bits per heavy atom. The highest BCUT2D eigenvalue weighted by Crippen LogP contribution is 2.47. The minimum Gasteiger partial charge on any atom is -0.497 e. The number of alkyl halides is 1. The van der Waals surface area contributed by atoms with Crippen molar-refractivity contribution in [1.82, 2.24) is 20.2 Å². The molecule has 1 aliphatic rings. The number of furan rings is 1. The van der Waals surface area contributed by atoms with E-state index in [2.05, 4.69) is 15.3 Å². The molecule has 2 atom stereocenters. The average molecular weight is 681 g/mol. The molecule has 1 amide bonds. The zero-order valence-electron chi connectivity index (χ0n) is 25.2. The number of rotatable bonds is 10. The zero-order chi connectivity index (χ0) is 32.5. The van der Waals surface area contributed by atoms with E-state index in [1.807, 2.05) is 18.2 Å². The van der Waals surface area contributed by atoms with Crippen molar-refractivity contribution < 1.29 is 33.0 Å². The summed E-state index contributed by atoms with van der Waals surface area (Å²) >= 11 is 6.82. The number of ketones is 1. The molecule has 1 aliphatic heterocycles. The molecule has 2 N–H and O–H groups in total. The Hall–Kier alpha value is -4.17. The molecule has 0 saturated carbocycles. The van der Waals surface area contributed by atoms with Gasteiger partial charge in [0.2, 0.25) is 5.78 Å². The maximum absolute atomic E-state index is 13.9. The lowest BCUT2D eigenvalue weighted by molar-refractivity contribution is 0.0602. The highest BCUT2D eigenvalue weighted by atomic mass is 35.5. The number of carbonyl (C=O) groups is 3. The molecule has 46 heavy (non-hydrogen) atoms. The third-order valence-electron chi connectivity index (χ3n) is 7.60. The number of hydrogen-bond acceptors (Lipinski definition) is 11. The average Bonchev–Trinajstić information content (AvgIpc) is 3.75. The van der Waals surface area contributed by atoms with Crippen molar-refractivity contribution in [2.24, 2.45) is 0 Å². The molecule has 6 rings (SSSR count). The number of fused-ring (bicyclic) bond motifs is 4. The van der Waals surface area contributed by atoms with Gasteiger partial charge in [0.15, 0.2) is 11.5 Å². The Balaban J connectivity index is 1.32. The van der Waals surface area contributed by atoms with Gasteiger partial charge in [-0.2, -0.15) is 0 Å². The molecule has 0 aliphatic carbocycles. The first kappa shape index (κ1) is 31.8. The van der Waals surface area contributed by atoms with E-state index in [-0.39, 0.29) is 22.9 Å². The molecule has 0 fully saturated rings. The number of halogens is 1. The Morgan fingerprint density at radius 3 is 2.70 bits per heavy atom. The maximum Gasteiger partial charge on any atom is 0.415 e. The van der Waals surface area contributed by atoms with Gasteiger partial charge in [0.05, 0.1) is 25.3 Å². The van der Waals surface area contributed by atoms with Gasteiger partial charge in [0, 0.05) is 42.0 Å². The van der Waals surface area contributed by atoms with Crippen molar-refractivity contribution >= 4 is 72.9 Å². The van der Waals surface area contributed by atoms with E-state index in [0.717, 1.165) is 5.03 Å². The van der Waals surface area contributed by atoms with Gasteiger partial charge in [0.1, 0.15) is 27.9 Å². The van der Waals surface area contributed by atoms with Crippen LogP contribution in [0.2, 0.25) is 0 Å². The van der Waals surface area contributed by atoms with E-state index in [0.29, 0.717) is 56.7 Å². The number of aromatic nitrogens is 2. The third-order valence-corrected chi connectivity index (χ3v) is 10.2. The quantitative estimate of drug-likeness (QED) is 0.0392. The molecule has 2 aromatic carbocycles. The minimum absolute atomic E-state index is 0.107. The van der Waals surface area contributed by atoms with Crippen LogP contribution in [0.4, 0.5) is 4.79 Å². The summed E-state index contributed by atoms with van der Waals surface area (Å²) in [6, 6.07) is 13.2. The van der Waals surface area contributed by atoms with Gasteiger partial charge in [-0.25, -0.2) is 14.6 Å². The number of ether oxygens (including phenoxy) is 3. The van der Waals surface area contributed by atoms with E-state index in [9.17, 15) is 14.4 Å². The molecular weight excluding hydrogens is 652 g/mol. The van der Waals surface area contributed by atoms with Crippen LogP contribution in [0.3, 0.4) is 0 Å². The van der Waals surface area contributed by atoms with Gasteiger partial charge in [-0.3, -0.25) is 10.1 Å². The highest BCUT2D eigenvalue weighted by Gasteiger charge is 2.40. The van der Waals surface area contributed by atoms with Gasteiger partial charge in [0.25, 0.3) is 0 Å². The van der Waals surface area contributed by atoms with Gasteiger partial charge < -0.3 is 28.5 Å². The summed E-state index contributed by atoms with van der Waals surface area (Å²) in [4.78, 5) is 49.1. The lowest BCUT2D eigenvalue weighted by Crippen LogP contribution is -2.31. The van der Waals surface area contributed by atoms with Crippen LogP contribution in [0.1, 0.15) is 49.3 Å². The first-order valence-corrected chi connectivity index (χ1v) is 16.9. The maximum atomic E-state index is 13.9. The van der Waals surface area contributed by atoms with Gasteiger partial charge >= 0.3 is 12.1 Å². The second kappa shape index (κ2) is 13.3. The number of aryl methyl sites for hydroxylation is 1. The van der Waals surface area contributed by atoms with Crippen molar-refractivity contribution in [3.63, 3.8) is 0 Å². The minimum atomic E-state index is -0.958. The molecule has 11 nitrogen and oxygen atoms in total. The lowest BCUT2D eigenvalue weighted by atomic mass is 9.95. The molecule has 0 radical (unpaired) electrons. The van der Waals surface area contributed by atoms with E-state index in [1.54, 1.807) is 68.4 Å².